The lowest BCUT2D eigenvalue weighted by Crippen LogP contribution is -2.31. The van der Waals surface area contributed by atoms with E-state index in [4.69, 9.17) is 17.3 Å². The Bertz CT molecular complexity index is 916. The molecule has 1 heterocycles. The Morgan fingerprint density at radius 1 is 1.19 bits per heavy atom. The first-order valence-corrected chi connectivity index (χ1v) is 9.90. The minimum absolute atomic E-state index is 0.0662. The van der Waals surface area contributed by atoms with E-state index in [1.807, 2.05) is 0 Å². The summed E-state index contributed by atoms with van der Waals surface area (Å²) < 4.78 is 0.867. The third kappa shape index (κ3) is 4.97. The smallest absolute Gasteiger partial charge is 0.247 e. The van der Waals surface area contributed by atoms with E-state index < -0.39 is 5.25 Å². The van der Waals surface area contributed by atoms with Crippen LogP contribution in [0.5, 0.6) is 0 Å². The number of carbonyl (C=O) groups excluding carboxylic acids is 2. The van der Waals surface area contributed by atoms with Crippen LogP contribution in [0.4, 0.5) is 5.69 Å². The predicted octanol–water partition coefficient (Wildman–Crippen LogP) is 3.82. The Labute approximate surface area is 173 Å². The molecular weight excluding hydrogens is 452 g/mol. The van der Waals surface area contributed by atoms with E-state index in [1.165, 1.54) is 11.1 Å². The summed E-state index contributed by atoms with van der Waals surface area (Å²) in [5, 5.41) is 7.91. The Balaban J connectivity index is 1.64. The molecule has 1 aliphatic heterocycles. The van der Waals surface area contributed by atoms with Crippen molar-refractivity contribution < 1.29 is 9.59 Å². The van der Waals surface area contributed by atoms with Crippen molar-refractivity contribution in [2.75, 3.05) is 4.90 Å². The van der Waals surface area contributed by atoms with Crippen LogP contribution in [0.3, 0.4) is 0 Å². The van der Waals surface area contributed by atoms with Gasteiger partial charge in [-0.25, -0.2) is 4.90 Å². The van der Waals surface area contributed by atoms with Crippen molar-refractivity contribution in [3.8, 4) is 0 Å². The van der Waals surface area contributed by atoms with Crippen molar-refractivity contribution in [2.24, 2.45) is 15.9 Å². The van der Waals surface area contributed by atoms with Gasteiger partial charge in [-0.05, 0) is 42.0 Å². The molecule has 3 rings (SSSR count). The Morgan fingerprint density at radius 2 is 1.85 bits per heavy atom. The summed E-state index contributed by atoms with van der Waals surface area (Å²) in [5.74, 6) is -0.579. The quantitative estimate of drug-likeness (QED) is 0.322. The van der Waals surface area contributed by atoms with Crippen molar-refractivity contribution in [2.45, 2.75) is 11.7 Å². The number of nitrogens with two attached hydrogens (primary N) is 1. The van der Waals surface area contributed by atoms with Gasteiger partial charge in [0.1, 0.15) is 5.25 Å². The van der Waals surface area contributed by atoms with Gasteiger partial charge in [-0.15, -0.1) is 5.10 Å². The maximum Gasteiger partial charge on any atom is 0.247 e. The van der Waals surface area contributed by atoms with Gasteiger partial charge < -0.3 is 5.73 Å². The van der Waals surface area contributed by atoms with Crippen LogP contribution < -0.4 is 10.6 Å². The molecule has 0 spiro atoms. The van der Waals surface area contributed by atoms with Crippen LogP contribution in [0.1, 0.15) is 12.0 Å². The highest BCUT2D eigenvalue weighted by Crippen LogP contribution is 2.30. The molecule has 9 heteroatoms. The molecule has 1 fully saturated rings. The van der Waals surface area contributed by atoms with Gasteiger partial charge in [-0.2, -0.15) is 5.10 Å². The van der Waals surface area contributed by atoms with E-state index in [0.717, 1.165) is 21.8 Å². The normalized spacial score (nSPS) is 17.9. The van der Waals surface area contributed by atoms with Crippen LogP contribution in [0.15, 0.2) is 63.2 Å². The number of hydrogen-bond donors (Lipinski definition) is 1. The monoisotopic (exact) mass is 464 g/mol. The fourth-order valence-electron chi connectivity index (χ4n) is 2.43. The van der Waals surface area contributed by atoms with Crippen LogP contribution in [0.2, 0.25) is 5.02 Å². The predicted molar refractivity (Wildman–Crippen MR) is 113 cm³/mol. The molecule has 2 N–H and O–H groups in total. The standard InChI is InChI=1S/C18H14BrClN4O2S/c19-12-3-7-14(8-4-12)24-16(25)9-15(17(24)26)27-18(21)23-22-10-11-1-5-13(20)6-2-11/h1-8,10,15H,9H2,(H2,21,23). The van der Waals surface area contributed by atoms with E-state index in [9.17, 15) is 9.59 Å². The number of halogens is 2. The average Bonchev–Trinajstić information content (AvgIpc) is 2.91. The molecule has 6 nitrogen and oxygen atoms in total. The fraction of sp³-hybridized carbons (Fsp3) is 0.111. The molecule has 0 radical (unpaired) electrons. The third-order valence-electron chi connectivity index (χ3n) is 3.69. The molecule has 2 aromatic rings. The molecule has 0 aliphatic carbocycles. The molecule has 1 unspecified atom stereocenters. The molecular formula is C18H14BrClN4O2S. The van der Waals surface area contributed by atoms with E-state index in [-0.39, 0.29) is 23.4 Å². The second-order valence-electron chi connectivity index (χ2n) is 5.59. The minimum Gasteiger partial charge on any atom is -0.377 e. The topological polar surface area (TPSA) is 88.1 Å². The molecule has 2 amide bonds. The van der Waals surface area contributed by atoms with Crippen molar-refractivity contribution in [1.82, 2.24) is 0 Å². The zero-order chi connectivity index (χ0) is 19.4. The van der Waals surface area contributed by atoms with Crippen molar-refractivity contribution in [3.63, 3.8) is 0 Å². The van der Waals surface area contributed by atoms with Gasteiger partial charge in [0.2, 0.25) is 11.8 Å². The van der Waals surface area contributed by atoms with E-state index in [2.05, 4.69) is 26.1 Å². The zero-order valence-electron chi connectivity index (χ0n) is 13.9. The number of thioether (sulfide) groups is 1. The number of rotatable bonds is 4. The largest absolute Gasteiger partial charge is 0.377 e. The van der Waals surface area contributed by atoms with Crippen molar-refractivity contribution in [1.29, 1.82) is 0 Å². The first-order chi connectivity index (χ1) is 12.9. The van der Waals surface area contributed by atoms with E-state index in [1.54, 1.807) is 48.5 Å². The maximum absolute atomic E-state index is 12.6. The van der Waals surface area contributed by atoms with Crippen LogP contribution in [0, 0.1) is 0 Å². The van der Waals surface area contributed by atoms with Gasteiger partial charge in [-0.3, -0.25) is 9.59 Å². The molecule has 1 atom stereocenters. The first kappa shape index (κ1) is 19.6. The van der Waals surface area contributed by atoms with E-state index >= 15 is 0 Å². The van der Waals surface area contributed by atoms with Gasteiger partial charge in [-0.1, -0.05) is 51.4 Å². The molecule has 27 heavy (non-hydrogen) atoms. The van der Waals surface area contributed by atoms with Gasteiger partial charge in [0.05, 0.1) is 11.9 Å². The number of anilines is 1. The highest BCUT2D eigenvalue weighted by molar-refractivity contribution is 9.10. The number of imide groups is 1. The number of amidine groups is 1. The summed E-state index contributed by atoms with van der Waals surface area (Å²) in [5.41, 5.74) is 7.19. The SMILES string of the molecule is NC(=NN=Cc1ccc(Cl)cc1)SC1CC(=O)N(c2ccc(Br)cc2)C1=O. The maximum atomic E-state index is 12.6. The summed E-state index contributed by atoms with van der Waals surface area (Å²) in [6.45, 7) is 0. The van der Waals surface area contributed by atoms with Gasteiger partial charge >= 0.3 is 0 Å². The van der Waals surface area contributed by atoms with Gasteiger partial charge in [0.25, 0.3) is 0 Å². The summed E-state index contributed by atoms with van der Waals surface area (Å²) in [4.78, 5) is 26.0. The lowest BCUT2D eigenvalue weighted by atomic mass is 10.2. The average molecular weight is 466 g/mol. The van der Waals surface area contributed by atoms with Crippen molar-refractivity contribution in [3.05, 3.63) is 63.6 Å². The first-order valence-electron chi connectivity index (χ1n) is 7.85. The summed E-state index contributed by atoms with van der Waals surface area (Å²) in [6.07, 6.45) is 1.59. The van der Waals surface area contributed by atoms with Crippen LogP contribution in [-0.4, -0.2) is 28.4 Å². The van der Waals surface area contributed by atoms with Crippen LogP contribution in [-0.2, 0) is 9.59 Å². The summed E-state index contributed by atoms with van der Waals surface area (Å²) in [6, 6.07) is 14.0. The number of amides is 2. The number of nitrogens with zero attached hydrogens (tertiary/aromatic N) is 3. The van der Waals surface area contributed by atoms with Crippen molar-refractivity contribution >= 4 is 68.2 Å². The Hall–Kier alpha value is -2.16. The number of hydrogen-bond acceptors (Lipinski definition) is 5. The Kier molecular flexibility index (Phi) is 6.30. The molecule has 1 saturated heterocycles. The minimum atomic E-state index is -0.615. The molecule has 2 aromatic carbocycles. The molecule has 138 valence electrons. The number of benzene rings is 2. The number of carbonyl (C=O) groups is 2. The summed E-state index contributed by atoms with van der Waals surface area (Å²) in [7, 11) is 0. The third-order valence-corrected chi connectivity index (χ3v) is 5.44. The lowest BCUT2D eigenvalue weighted by Gasteiger charge is -2.14. The molecule has 1 aliphatic rings. The van der Waals surface area contributed by atoms with Crippen LogP contribution >= 0.6 is 39.3 Å². The molecule has 0 bridgehead atoms. The van der Waals surface area contributed by atoms with Crippen LogP contribution in [0.25, 0.3) is 0 Å². The lowest BCUT2D eigenvalue weighted by molar-refractivity contribution is -0.121. The van der Waals surface area contributed by atoms with Gasteiger partial charge in [0, 0.05) is 15.9 Å². The second-order valence-corrected chi connectivity index (χ2v) is 8.16. The molecule has 0 saturated carbocycles. The zero-order valence-corrected chi connectivity index (χ0v) is 17.0. The van der Waals surface area contributed by atoms with E-state index in [0.29, 0.717) is 10.7 Å². The second kappa shape index (κ2) is 8.69. The highest BCUT2D eigenvalue weighted by Gasteiger charge is 2.40. The van der Waals surface area contributed by atoms with Gasteiger partial charge in [0.15, 0.2) is 5.17 Å². The Morgan fingerprint density at radius 3 is 2.52 bits per heavy atom. The highest BCUT2D eigenvalue weighted by atomic mass is 79.9. The summed E-state index contributed by atoms with van der Waals surface area (Å²) >= 11 is 10.2. The fourth-order valence-corrected chi connectivity index (χ4v) is 3.64. The molecule has 0 aromatic heterocycles.